The number of rotatable bonds is 3. The van der Waals surface area contributed by atoms with Crippen LogP contribution < -0.4 is 10.6 Å². The minimum absolute atomic E-state index is 0.0755. The third-order valence-corrected chi connectivity index (χ3v) is 6.53. The van der Waals surface area contributed by atoms with Crippen molar-refractivity contribution in [3.63, 3.8) is 0 Å². The van der Waals surface area contributed by atoms with Crippen LogP contribution in [0.3, 0.4) is 0 Å². The van der Waals surface area contributed by atoms with Crippen molar-refractivity contribution in [1.29, 1.82) is 0 Å². The van der Waals surface area contributed by atoms with E-state index in [0.717, 1.165) is 15.3 Å². The first-order chi connectivity index (χ1) is 12.7. The van der Waals surface area contributed by atoms with Gasteiger partial charge in [-0.05, 0) is 29.2 Å². The standard InChI is InChI=1S/C21H20Cl2N2OS/c1-21(2,3)17-12-16(19(27-17)13-8-5-4-6-9-13)25(20(24)26)15-11-7-10-14(22)18(15)23/h4-12H,1-3H3,(H2,24,26). The van der Waals surface area contributed by atoms with Crippen molar-refractivity contribution in [2.75, 3.05) is 4.90 Å². The van der Waals surface area contributed by atoms with Gasteiger partial charge in [-0.25, -0.2) is 4.79 Å². The van der Waals surface area contributed by atoms with Crippen LogP contribution in [-0.4, -0.2) is 6.03 Å². The highest BCUT2D eigenvalue weighted by molar-refractivity contribution is 7.16. The van der Waals surface area contributed by atoms with Crippen LogP contribution in [0.2, 0.25) is 10.0 Å². The van der Waals surface area contributed by atoms with E-state index < -0.39 is 6.03 Å². The van der Waals surface area contributed by atoms with E-state index in [9.17, 15) is 4.79 Å². The quantitative estimate of drug-likeness (QED) is 0.478. The van der Waals surface area contributed by atoms with Gasteiger partial charge in [0.25, 0.3) is 0 Å². The minimum atomic E-state index is -0.616. The van der Waals surface area contributed by atoms with Crippen LogP contribution in [0.25, 0.3) is 10.4 Å². The van der Waals surface area contributed by atoms with Crippen LogP contribution in [-0.2, 0) is 5.41 Å². The molecule has 6 heteroatoms. The van der Waals surface area contributed by atoms with Crippen LogP contribution >= 0.6 is 34.5 Å². The lowest BCUT2D eigenvalue weighted by atomic mass is 9.94. The first-order valence-corrected chi connectivity index (χ1v) is 10.0. The molecule has 3 aromatic rings. The summed E-state index contributed by atoms with van der Waals surface area (Å²) < 4.78 is 0. The van der Waals surface area contributed by atoms with Gasteiger partial charge >= 0.3 is 6.03 Å². The molecule has 2 amide bonds. The van der Waals surface area contributed by atoms with E-state index in [2.05, 4.69) is 20.8 Å². The highest BCUT2D eigenvalue weighted by Crippen LogP contribution is 2.46. The van der Waals surface area contributed by atoms with Crippen molar-refractivity contribution in [3.8, 4) is 10.4 Å². The maximum Gasteiger partial charge on any atom is 0.323 e. The average molecular weight is 419 g/mol. The van der Waals surface area contributed by atoms with Crippen LogP contribution in [0.15, 0.2) is 54.6 Å². The molecule has 0 radical (unpaired) electrons. The molecule has 0 atom stereocenters. The molecule has 140 valence electrons. The molecule has 27 heavy (non-hydrogen) atoms. The predicted octanol–water partition coefficient (Wildman–Crippen LogP) is 7.24. The SMILES string of the molecule is CC(C)(C)c1cc(N(C(N)=O)c2cccc(Cl)c2Cl)c(-c2ccccc2)s1. The Labute approximate surface area is 173 Å². The Bertz CT molecular complexity index is 978. The van der Waals surface area contributed by atoms with E-state index in [4.69, 9.17) is 28.9 Å². The molecule has 0 aliphatic heterocycles. The van der Waals surface area contributed by atoms with Gasteiger partial charge < -0.3 is 5.73 Å². The highest BCUT2D eigenvalue weighted by atomic mass is 35.5. The Morgan fingerprint density at radius 2 is 1.67 bits per heavy atom. The number of benzene rings is 2. The molecule has 0 fully saturated rings. The molecule has 0 unspecified atom stereocenters. The van der Waals surface area contributed by atoms with Crippen molar-refractivity contribution < 1.29 is 4.79 Å². The van der Waals surface area contributed by atoms with E-state index in [1.54, 1.807) is 29.5 Å². The summed E-state index contributed by atoms with van der Waals surface area (Å²) in [6.07, 6.45) is 0. The number of carbonyl (C=O) groups excluding carboxylic acids is 1. The number of hydrogen-bond acceptors (Lipinski definition) is 2. The number of hydrogen-bond donors (Lipinski definition) is 1. The molecule has 2 N–H and O–H groups in total. The smallest absolute Gasteiger partial charge is 0.323 e. The molecule has 3 nitrogen and oxygen atoms in total. The molecule has 1 aromatic heterocycles. The predicted molar refractivity (Wildman–Crippen MR) is 117 cm³/mol. The molecular formula is C21H20Cl2N2OS. The largest absolute Gasteiger partial charge is 0.351 e. The zero-order chi connectivity index (χ0) is 19.8. The van der Waals surface area contributed by atoms with Gasteiger partial charge in [0.1, 0.15) is 0 Å². The number of carbonyl (C=O) groups is 1. The van der Waals surface area contributed by atoms with Crippen LogP contribution in [0, 0.1) is 0 Å². The van der Waals surface area contributed by atoms with Gasteiger partial charge in [-0.2, -0.15) is 0 Å². The van der Waals surface area contributed by atoms with E-state index in [0.29, 0.717) is 21.4 Å². The molecule has 0 bridgehead atoms. The zero-order valence-electron chi connectivity index (χ0n) is 15.3. The van der Waals surface area contributed by atoms with E-state index >= 15 is 0 Å². The van der Waals surface area contributed by atoms with Crippen LogP contribution in [0.1, 0.15) is 25.6 Å². The van der Waals surface area contributed by atoms with Gasteiger partial charge in [0.2, 0.25) is 0 Å². The maximum absolute atomic E-state index is 12.5. The van der Waals surface area contributed by atoms with Crippen LogP contribution in [0.5, 0.6) is 0 Å². The highest BCUT2D eigenvalue weighted by Gasteiger charge is 2.27. The zero-order valence-corrected chi connectivity index (χ0v) is 17.6. The normalized spacial score (nSPS) is 11.4. The molecule has 0 aliphatic rings. The fourth-order valence-corrected chi connectivity index (χ4v) is 4.33. The van der Waals surface area contributed by atoms with Crippen LogP contribution in [0.4, 0.5) is 16.2 Å². The number of anilines is 2. The monoisotopic (exact) mass is 418 g/mol. The van der Waals surface area contributed by atoms with E-state index in [1.807, 2.05) is 36.4 Å². The van der Waals surface area contributed by atoms with Crippen molar-refractivity contribution in [2.24, 2.45) is 5.73 Å². The summed E-state index contributed by atoms with van der Waals surface area (Å²) in [5, 5.41) is 0.661. The summed E-state index contributed by atoms with van der Waals surface area (Å²) in [5.41, 5.74) is 7.88. The molecule has 3 rings (SSSR count). The number of nitrogens with two attached hydrogens (primary N) is 1. The van der Waals surface area contributed by atoms with Gasteiger partial charge in [-0.3, -0.25) is 4.90 Å². The summed E-state index contributed by atoms with van der Waals surface area (Å²) in [6, 6.07) is 16.5. The fourth-order valence-electron chi connectivity index (χ4n) is 2.75. The summed E-state index contributed by atoms with van der Waals surface area (Å²) in [7, 11) is 0. The summed E-state index contributed by atoms with van der Waals surface area (Å²) in [5.74, 6) is 0. The third kappa shape index (κ3) is 3.98. The molecule has 0 aliphatic carbocycles. The van der Waals surface area contributed by atoms with Gasteiger partial charge in [0.05, 0.1) is 26.3 Å². The Kier molecular flexibility index (Phi) is 5.52. The maximum atomic E-state index is 12.5. The summed E-state index contributed by atoms with van der Waals surface area (Å²) in [4.78, 5) is 16.0. The third-order valence-electron chi connectivity index (χ3n) is 4.12. The first kappa shape index (κ1) is 19.7. The summed E-state index contributed by atoms with van der Waals surface area (Å²) in [6.45, 7) is 6.41. The fraction of sp³-hybridized carbons (Fsp3) is 0.190. The summed E-state index contributed by atoms with van der Waals surface area (Å²) >= 11 is 14.2. The molecule has 0 saturated heterocycles. The molecular weight excluding hydrogens is 399 g/mol. The first-order valence-electron chi connectivity index (χ1n) is 8.43. The Balaban J connectivity index is 2.28. The number of primary amides is 1. The molecule has 2 aromatic carbocycles. The molecule has 0 spiro atoms. The Morgan fingerprint density at radius 3 is 2.26 bits per heavy atom. The molecule has 0 saturated carbocycles. The number of nitrogens with zero attached hydrogens (tertiary/aromatic N) is 1. The van der Waals surface area contributed by atoms with E-state index in [1.165, 1.54) is 4.90 Å². The number of urea groups is 1. The van der Waals surface area contributed by atoms with Gasteiger partial charge in [0, 0.05) is 4.88 Å². The second-order valence-corrected chi connectivity index (χ2v) is 9.02. The lowest BCUT2D eigenvalue weighted by Gasteiger charge is -2.23. The van der Waals surface area contributed by atoms with Crippen molar-refractivity contribution in [2.45, 2.75) is 26.2 Å². The Morgan fingerprint density at radius 1 is 1.00 bits per heavy atom. The lowest BCUT2D eigenvalue weighted by molar-refractivity contribution is 0.256. The van der Waals surface area contributed by atoms with Crippen molar-refractivity contribution in [1.82, 2.24) is 0 Å². The lowest BCUT2D eigenvalue weighted by Crippen LogP contribution is -2.31. The average Bonchev–Trinajstić information content (AvgIpc) is 3.04. The number of amides is 2. The Hall–Kier alpha value is -2.01. The number of thiophene rings is 1. The van der Waals surface area contributed by atoms with Gasteiger partial charge in [-0.1, -0.05) is 80.4 Å². The van der Waals surface area contributed by atoms with Crippen molar-refractivity contribution in [3.05, 3.63) is 69.5 Å². The second kappa shape index (κ2) is 7.55. The van der Waals surface area contributed by atoms with Crippen molar-refractivity contribution >= 4 is 51.9 Å². The second-order valence-electron chi connectivity index (χ2n) is 7.19. The topological polar surface area (TPSA) is 46.3 Å². The number of halogens is 2. The molecule has 1 heterocycles. The van der Waals surface area contributed by atoms with Gasteiger partial charge in [-0.15, -0.1) is 11.3 Å². The van der Waals surface area contributed by atoms with E-state index in [-0.39, 0.29) is 5.41 Å². The minimum Gasteiger partial charge on any atom is -0.351 e. The van der Waals surface area contributed by atoms with Gasteiger partial charge in [0.15, 0.2) is 0 Å².